The topological polar surface area (TPSA) is 85.9 Å². The summed E-state index contributed by atoms with van der Waals surface area (Å²) in [4.78, 5) is 23.6. The molecular weight excluding hydrogens is 366 g/mol. The summed E-state index contributed by atoms with van der Waals surface area (Å²) in [5, 5.41) is 11.8. The monoisotopic (exact) mass is 395 g/mol. The zero-order valence-electron chi connectivity index (χ0n) is 16.9. The van der Waals surface area contributed by atoms with Crippen LogP contribution in [-0.2, 0) is 5.60 Å². The Labute approximate surface area is 171 Å². The van der Waals surface area contributed by atoms with E-state index in [-0.39, 0.29) is 11.9 Å². The first-order valence-electron chi connectivity index (χ1n) is 10.2. The number of likely N-dealkylation sites (tertiary alicyclic amines) is 1. The Balaban J connectivity index is 1.61. The van der Waals surface area contributed by atoms with Crippen molar-refractivity contribution in [3.63, 3.8) is 0 Å². The van der Waals surface area contributed by atoms with Gasteiger partial charge in [-0.25, -0.2) is 4.98 Å². The number of carbonyl (C=O) groups excluding carboxylic acids is 1. The molecule has 7 nitrogen and oxygen atoms in total. The molecule has 2 aliphatic rings. The molecule has 4 rings (SSSR count). The fourth-order valence-corrected chi connectivity index (χ4v) is 4.44. The van der Waals surface area contributed by atoms with Crippen LogP contribution in [0.2, 0.25) is 0 Å². The summed E-state index contributed by atoms with van der Waals surface area (Å²) < 4.78 is 0. The molecular formula is C22H29N5O2. The smallest absolute Gasteiger partial charge is 0.255 e. The van der Waals surface area contributed by atoms with Gasteiger partial charge in [0.15, 0.2) is 0 Å². The number of nitrogens with two attached hydrogens (primary N) is 1. The van der Waals surface area contributed by atoms with Crippen LogP contribution < -0.4 is 5.73 Å². The van der Waals surface area contributed by atoms with Crippen LogP contribution in [0.4, 0.5) is 5.82 Å². The summed E-state index contributed by atoms with van der Waals surface area (Å²) in [5.74, 6) is 0.334. The van der Waals surface area contributed by atoms with Crippen molar-refractivity contribution in [3.8, 4) is 0 Å². The second-order valence-electron chi connectivity index (χ2n) is 8.12. The Morgan fingerprint density at radius 2 is 1.83 bits per heavy atom. The molecule has 0 aliphatic carbocycles. The Morgan fingerprint density at radius 1 is 1.10 bits per heavy atom. The van der Waals surface area contributed by atoms with Gasteiger partial charge in [0.05, 0.1) is 11.6 Å². The number of anilines is 1. The number of carbonyl (C=O) groups is 1. The van der Waals surface area contributed by atoms with Crippen LogP contribution in [0.25, 0.3) is 0 Å². The molecule has 0 spiro atoms. The van der Waals surface area contributed by atoms with E-state index in [1.807, 2.05) is 35.2 Å². The maximum Gasteiger partial charge on any atom is 0.255 e. The van der Waals surface area contributed by atoms with Gasteiger partial charge in [0.1, 0.15) is 11.4 Å². The van der Waals surface area contributed by atoms with Gasteiger partial charge in [0.2, 0.25) is 0 Å². The second kappa shape index (κ2) is 8.10. The van der Waals surface area contributed by atoms with E-state index in [1.165, 1.54) is 6.20 Å². The highest BCUT2D eigenvalue weighted by molar-refractivity contribution is 5.94. The Hall–Kier alpha value is -2.48. The molecule has 0 unspecified atom stereocenters. The van der Waals surface area contributed by atoms with E-state index in [1.54, 1.807) is 12.1 Å². The molecule has 154 valence electrons. The van der Waals surface area contributed by atoms with Crippen molar-refractivity contribution in [1.29, 1.82) is 0 Å². The van der Waals surface area contributed by atoms with Crippen molar-refractivity contribution in [3.05, 3.63) is 59.8 Å². The maximum absolute atomic E-state index is 13.1. The molecule has 2 atom stereocenters. The van der Waals surface area contributed by atoms with Gasteiger partial charge in [-0.2, -0.15) is 0 Å². The zero-order chi connectivity index (χ0) is 20.4. The van der Waals surface area contributed by atoms with Gasteiger partial charge < -0.3 is 20.6 Å². The molecule has 29 heavy (non-hydrogen) atoms. The van der Waals surface area contributed by atoms with Crippen LogP contribution >= 0.6 is 0 Å². The SMILES string of the molecule is CN1CCN([C@@H]2CN(C(=O)c3ccc(N)nc3)CC[C@]2(O)c2ccccc2)CC1. The molecule has 1 amide bonds. The van der Waals surface area contributed by atoms with Crippen LogP contribution in [0.1, 0.15) is 22.3 Å². The minimum Gasteiger partial charge on any atom is -0.384 e. The van der Waals surface area contributed by atoms with Crippen LogP contribution in [0.15, 0.2) is 48.7 Å². The highest BCUT2D eigenvalue weighted by atomic mass is 16.3. The van der Waals surface area contributed by atoms with Gasteiger partial charge in [-0.3, -0.25) is 9.69 Å². The average Bonchev–Trinajstić information content (AvgIpc) is 2.75. The normalized spacial score (nSPS) is 26.4. The average molecular weight is 396 g/mol. The molecule has 2 fully saturated rings. The van der Waals surface area contributed by atoms with Crippen molar-refractivity contribution in [2.75, 3.05) is 52.0 Å². The predicted octanol–water partition coefficient (Wildman–Crippen LogP) is 1.01. The highest BCUT2D eigenvalue weighted by Crippen LogP contribution is 2.36. The van der Waals surface area contributed by atoms with Gasteiger partial charge in [0.25, 0.3) is 5.91 Å². The van der Waals surface area contributed by atoms with Crippen molar-refractivity contribution < 1.29 is 9.90 Å². The van der Waals surface area contributed by atoms with Gasteiger partial charge in [-0.15, -0.1) is 0 Å². The van der Waals surface area contributed by atoms with E-state index in [2.05, 4.69) is 21.8 Å². The highest BCUT2D eigenvalue weighted by Gasteiger charge is 2.47. The van der Waals surface area contributed by atoms with E-state index < -0.39 is 5.60 Å². The first-order chi connectivity index (χ1) is 14.0. The summed E-state index contributed by atoms with van der Waals surface area (Å²) in [6.45, 7) is 4.65. The predicted molar refractivity (Wildman–Crippen MR) is 112 cm³/mol. The third kappa shape index (κ3) is 3.99. The van der Waals surface area contributed by atoms with Crippen LogP contribution in [0, 0.1) is 0 Å². The van der Waals surface area contributed by atoms with Crippen LogP contribution in [0.5, 0.6) is 0 Å². The third-order valence-electron chi connectivity index (χ3n) is 6.28. The summed E-state index contributed by atoms with van der Waals surface area (Å²) in [5.41, 5.74) is 6.13. The number of aromatic nitrogens is 1. The van der Waals surface area contributed by atoms with Crippen molar-refractivity contribution in [2.45, 2.75) is 18.1 Å². The summed E-state index contributed by atoms with van der Waals surface area (Å²) in [7, 11) is 2.12. The molecule has 1 aromatic carbocycles. The lowest BCUT2D eigenvalue weighted by Gasteiger charge is -2.51. The lowest BCUT2D eigenvalue weighted by Crippen LogP contribution is -2.64. The molecule has 2 saturated heterocycles. The van der Waals surface area contributed by atoms with E-state index in [0.29, 0.717) is 30.9 Å². The number of hydrogen-bond acceptors (Lipinski definition) is 6. The molecule has 3 heterocycles. The number of piperazine rings is 1. The van der Waals surface area contributed by atoms with Gasteiger partial charge in [-0.1, -0.05) is 30.3 Å². The number of nitrogens with zero attached hydrogens (tertiary/aromatic N) is 4. The lowest BCUT2D eigenvalue weighted by molar-refractivity contribution is -0.101. The van der Waals surface area contributed by atoms with Crippen LogP contribution in [0.3, 0.4) is 0 Å². The van der Waals surface area contributed by atoms with Crippen LogP contribution in [-0.4, -0.2) is 83.1 Å². The quantitative estimate of drug-likeness (QED) is 0.807. The molecule has 2 aliphatic heterocycles. The fraction of sp³-hybridized carbons (Fsp3) is 0.455. The van der Waals surface area contributed by atoms with Crippen molar-refractivity contribution in [1.82, 2.24) is 19.7 Å². The minimum absolute atomic E-state index is 0.0632. The summed E-state index contributed by atoms with van der Waals surface area (Å²) in [6.07, 6.45) is 2.03. The zero-order valence-corrected chi connectivity index (χ0v) is 16.9. The fourth-order valence-electron chi connectivity index (χ4n) is 4.44. The minimum atomic E-state index is -0.979. The number of amides is 1. The van der Waals surface area contributed by atoms with Crippen molar-refractivity contribution in [2.24, 2.45) is 0 Å². The first-order valence-corrected chi connectivity index (χ1v) is 10.2. The second-order valence-corrected chi connectivity index (χ2v) is 8.12. The number of pyridine rings is 1. The molecule has 7 heteroatoms. The number of nitrogen functional groups attached to an aromatic ring is 1. The lowest BCUT2D eigenvalue weighted by atomic mass is 9.79. The van der Waals surface area contributed by atoms with Gasteiger partial charge in [-0.05, 0) is 31.2 Å². The number of rotatable bonds is 3. The summed E-state index contributed by atoms with van der Waals surface area (Å²) >= 11 is 0. The van der Waals surface area contributed by atoms with Gasteiger partial charge in [0, 0.05) is 45.5 Å². The van der Waals surface area contributed by atoms with E-state index >= 15 is 0 Å². The first kappa shape index (κ1) is 19.8. The standard InChI is InChI=1S/C22H29N5O2/c1-25-11-13-26(14-12-25)19-16-27(21(28)17-7-8-20(23)24-15-17)10-9-22(19,29)18-5-3-2-4-6-18/h2-8,15,19,29H,9-14,16H2,1H3,(H2,23,24)/t19-,22+/m1/s1. The maximum atomic E-state index is 13.1. The van der Waals surface area contributed by atoms with E-state index in [9.17, 15) is 9.90 Å². The largest absolute Gasteiger partial charge is 0.384 e. The number of aliphatic hydroxyl groups is 1. The Kier molecular flexibility index (Phi) is 5.54. The van der Waals surface area contributed by atoms with Crippen molar-refractivity contribution >= 4 is 11.7 Å². The molecule has 1 aromatic heterocycles. The Morgan fingerprint density at radius 3 is 2.48 bits per heavy atom. The number of piperidine rings is 1. The molecule has 0 saturated carbocycles. The molecule has 0 bridgehead atoms. The number of hydrogen-bond donors (Lipinski definition) is 2. The molecule has 0 radical (unpaired) electrons. The third-order valence-corrected chi connectivity index (χ3v) is 6.28. The van der Waals surface area contributed by atoms with Gasteiger partial charge >= 0.3 is 0 Å². The summed E-state index contributed by atoms with van der Waals surface area (Å²) in [6, 6.07) is 13.1. The number of benzene rings is 1. The van der Waals surface area contributed by atoms with E-state index in [4.69, 9.17) is 5.73 Å². The number of likely N-dealkylation sites (N-methyl/N-ethyl adjacent to an activating group) is 1. The molecule has 2 aromatic rings. The molecule has 3 N–H and O–H groups in total. The van der Waals surface area contributed by atoms with E-state index in [0.717, 1.165) is 31.7 Å². The Bertz CT molecular complexity index is 836.